The van der Waals surface area contributed by atoms with Gasteiger partial charge in [-0.15, -0.1) is 0 Å². The van der Waals surface area contributed by atoms with Gasteiger partial charge >= 0.3 is 0 Å². The second kappa shape index (κ2) is 7.28. The van der Waals surface area contributed by atoms with Gasteiger partial charge in [0.05, 0.1) is 6.04 Å². The van der Waals surface area contributed by atoms with Gasteiger partial charge in [0.2, 0.25) is 5.91 Å². The summed E-state index contributed by atoms with van der Waals surface area (Å²) >= 11 is 6.11. The van der Waals surface area contributed by atoms with Crippen LogP contribution in [0.2, 0.25) is 5.02 Å². The summed E-state index contributed by atoms with van der Waals surface area (Å²) in [5.41, 5.74) is 0.958. The van der Waals surface area contributed by atoms with E-state index in [1.807, 2.05) is 31.2 Å². The summed E-state index contributed by atoms with van der Waals surface area (Å²) in [5, 5.41) is 3.70. The Morgan fingerprint density at radius 3 is 2.57 bits per heavy atom. The number of hydrogen-bond acceptors (Lipinski definition) is 2. The second-order valence-corrected chi connectivity index (χ2v) is 6.79. The number of hydrogen-bond donors (Lipinski definition) is 1. The first-order valence-electron chi connectivity index (χ1n) is 7.72. The molecule has 2 rings (SSSR count). The Balaban J connectivity index is 1.89. The first kappa shape index (κ1) is 16.3. The predicted molar refractivity (Wildman–Crippen MR) is 87.3 cm³/mol. The summed E-state index contributed by atoms with van der Waals surface area (Å²) in [4.78, 5) is 14.6. The molecule has 0 unspecified atom stereocenters. The Labute approximate surface area is 132 Å². The summed E-state index contributed by atoms with van der Waals surface area (Å²) < 4.78 is 0. The molecule has 1 aliphatic rings. The van der Waals surface area contributed by atoms with E-state index >= 15 is 0 Å². The van der Waals surface area contributed by atoms with E-state index in [0.717, 1.165) is 18.7 Å². The van der Waals surface area contributed by atoms with Crippen molar-refractivity contribution in [1.82, 2.24) is 10.2 Å². The molecule has 0 saturated carbocycles. The lowest BCUT2D eigenvalue weighted by molar-refractivity contribution is -0.127. The van der Waals surface area contributed by atoms with Gasteiger partial charge < -0.3 is 5.32 Å². The molecular formula is C17H25ClN2O. The zero-order valence-electron chi connectivity index (χ0n) is 13.1. The lowest BCUT2D eigenvalue weighted by Gasteiger charge is -2.38. The molecule has 1 aromatic rings. The number of carbonyl (C=O) groups is 1. The molecule has 1 heterocycles. The largest absolute Gasteiger partial charge is 0.351 e. The van der Waals surface area contributed by atoms with Gasteiger partial charge in [-0.1, -0.05) is 43.6 Å². The minimum absolute atomic E-state index is 0.0798. The van der Waals surface area contributed by atoms with Gasteiger partial charge in [-0.25, -0.2) is 0 Å². The topological polar surface area (TPSA) is 32.3 Å². The highest BCUT2D eigenvalue weighted by Crippen LogP contribution is 2.22. The number of carbonyl (C=O) groups excluding carboxylic acids is 1. The predicted octanol–water partition coefficient (Wildman–Crippen LogP) is 3.32. The van der Waals surface area contributed by atoms with E-state index in [2.05, 4.69) is 24.1 Å². The van der Waals surface area contributed by atoms with E-state index in [9.17, 15) is 4.79 Å². The van der Waals surface area contributed by atoms with Crippen LogP contribution in [0.1, 0.15) is 32.8 Å². The molecule has 3 nitrogen and oxygen atoms in total. The molecular weight excluding hydrogens is 284 g/mol. The molecule has 0 aliphatic carbocycles. The van der Waals surface area contributed by atoms with Crippen LogP contribution in [0.3, 0.4) is 0 Å². The first-order chi connectivity index (χ1) is 9.97. The lowest BCUT2D eigenvalue weighted by Crippen LogP contribution is -2.50. The van der Waals surface area contributed by atoms with E-state index in [1.165, 1.54) is 6.42 Å². The highest BCUT2D eigenvalue weighted by Gasteiger charge is 2.28. The van der Waals surface area contributed by atoms with Crippen LogP contribution >= 0.6 is 11.6 Å². The van der Waals surface area contributed by atoms with Crippen molar-refractivity contribution >= 4 is 17.5 Å². The maximum atomic E-state index is 12.3. The SMILES string of the molecule is C[C@@H]1C[C@H](C)CN([C@H](C)C(=O)NCc2ccccc2Cl)C1. The smallest absolute Gasteiger partial charge is 0.237 e. The molecule has 0 aromatic heterocycles. The van der Waals surface area contributed by atoms with Crippen LogP contribution in [0.15, 0.2) is 24.3 Å². The van der Waals surface area contributed by atoms with E-state index in [0.29, 0.717) is 23.4 Å². The van der Waals surface area contributed by atoms with Crippen molar-refractivity contribution in [1.29, 1.82) is 0 Å². The molecule has 1 fully saturated rings. The number of rotatable bonds is 4. The third kappa shape index (κ3) is 4.45. The highest BCUT2D eigenvalue weighted by atomic mass is 35.5. The van der Waals surface area contributed by atoms with Crippen LogP contribution in [0.4, 0.5) is 0 Å². The number of nitrogens with zero attached hydrogens (tertiary/aromatic N) is 1. The molecule has 1 aromatic carbocycles. The molecule has 3 atom stereocenters. The van der Waals surface area contributed by atoms with Crippen LogP contribution in [0, 0.1) is 11.8 Å². The van der Waals surface area contributed by atoms with E-state index < -0.39 is 0 Å². The van der Waals surface area contributed by atoms with Crippen molar-refractivity contribution in [3.05, 3.63) is 34.9 Å². The van der Waals surface area contributed by atoms with Gasteiger partial charge in [0, 0.05) is 24.7 Å². The molecule has 116 valence electrons. The minimum Gasteiger partial charge on any atom is -0.351 e. The number of likely N-dealkylation sites (tertiary alicyclic amines) is 1. The van der Waals surface area contributed by atoms with Crippen molar-refractivity contribution in [2.45, 2.75) is 39.8 Å². The Bertz CT molecular complexity index is 481. The molecule has 0 radical (unpaired) electrons. The van der Waals surface area contributed by atoms with E-state index in [1.54, 1.807) is 0 Å². The van der Waals surface area contributed by atoms with Crippen LogP contribution in [0.5, 0.6) is 0 Å². The average Bonchev–Trinajstić information content (AvgIpc) is 2.44. The monoisotopic (exact) mass is 308 g/mol. The van der Waals surface area contributed by atoms with Crippen LogP contribution in [0.25, 0.3) is 0 Å². The van der Waals surface area contributed by atoms with Gasteiger partial charge in [0.25, 0.3) is 0 Å². The number of amides is 1. The summed E-state index contributed by atoms with van der Waals surface area (Å²) in [6, 6.07) is 7.54. The molecule has 21 heavy (non-hydrogen) atoms. The average molecular weight is 309 g/mol. The van der Waals surface area contributed by atoms with Crippen molar-refractivity contribution in [2.75, 3.05) is 13.1 Å². The van der Waals surface area contributed by atoms with Crippen molar-refractivity contribution in [2.24, 2.45) is 11.8 Å². The molecule has 1 N–H and O–H groups in total. The van der Waals surface area contributed by atoms with E-state index in [-0.39, 0.29) is 11.9 Å². The lowest BCUT2D eigenvalue weighted by atomic mass is 9.91. The summed E-state index contributed by atoms with van der Waals surface area (Å²) in [7, 11) is 0. The van der Waals surface area contributed by atoms with Crippen LogP contribution < -0.4 is 5.32 Å². The Kier molecular flexibility index (Phi) is 5.65. The van der Waals surface area contributed by atoms with Crippen LogP contribution in [-0.4, -0.2) is 29.9 Å². The Morgan fingerprint density at radius 1 is 1.33 bits per heavy atom. The number of piperidine rings is 1. The number of nitrogens with one attached hydrogen (secondary N) is 1. The minimum atomic E-state index is -0.0855. The van der Waals surface area contributed by atoms with Crippen molar-refractivity contribution in [3.8, 4) is 0 Å². The maximum absolute atomic E-state index is 12.3. The zero-order valence-corrected chi connectivity index (χ0v) is 13.9. The fourth-order valence-corrected chi connectivity index (χ4v) is 3.37. The maximum Gasteiger partial charge on any atom is 0.237 e. The standard InChI is InChI=1S/C17H25ClN2O/c1-12-8-13(2)11-20(10-12)14(3)17(21)19-9-15-6-4-5-7-16(15)18/h4-7,12-14H,8-11H2,1-3H3,(H,19,21)/t12-,13+,14-/m1/s1. The van der Waals surface area contributed by atoms with Gasteiger partial charge in [-0.2, -0.15) is 0 Å². The van der Waals surface area contributed by atoms with Gasteiger partial charge in [-0.05, 0) is 36.8 Å². The zero-order chi connectivity index (χ0) is 15.4. The number of benzene rings is 1. The molecule has 1 saturated heterocycles. The van der Waals surface area contributed by atoms with Crippen molar-refractivity contribution in [3.63, 3.8) is 0 Å². The van der Waals surface area contributed by atoms with Crippen LogP contribution in [-0.2, 0) is 11.3 Å². The van der Waals surface area contributed by atoms with Gasteiger partial charge in [0.15, 0.2) is 0 Å². The summed E-state index contributed by atoms with van der Waals surface area (Å²) in [6.07, 6.45) is 1.25. The molecule has 4 heteroatoms. The first-order valence-corrected chi connectivity index (χ1v) is 8.10. The fourth-order valence-electron chi connectivity index (χ4n) is 3.17. The third-order valence-electron chi connectivity index (χ3n) is 4.24. The third-order valence-corrected chi connectivity index (χ3v) is 4.60. The van der Waals surface area contributed by atoms with E-state index in [4.69, 9.17) is 11.6 Å². The molecule has 0 spiro atoms. The summed E-state index contributed by atoms with van der Waals surface area (Å²) in [6.45, 7) is 9.01. The molecule has 1 aliphatic heterocycles. The summed E-state index contributed by atoms with van der Waals surface area (Å²) in [5.74, 6) is 1.40. The normalized spacial score (nSPS) is 24.6. The molecule has 1 amide bonds. The highest BCUT2D eigenvalue weighted by molar-refractivity contribution is 6.31. The van der Waals surface area contributed by atoms with Gasteiger partial charge in [0.1, 0.15) is 0 Å². The fraction of sp³-hybridized carbons (Fsp3) is 0.588. The van der Waals surface area contributed by atoms with Gasteiger partial charge in [-0.3, -0.25) is 9.69 Å². The second-order valence-electron chi connectivity index (χ2n) is 6.39. The molecule has 0 bridgehead atoms. The Morgan fingerprint density at radius 2 is 1.95 bits per heavy atom. The Hall–Kier alpha value is -1.06. The quantitative estimate of drug-likeness (QED) is 0.925. The van der Waals surface area contributed by atoms with Crippen molar-refractivity contribution < 1.29 is 4.79 Å². The number of halogens is 1.